The number of carbonyl (C=O) groups excluding carboxylic acids is 1. The molecular weight excluding hydrogens is 272 g/mol. The maximum Gasteiger partial charge on any atom is 0.240 e. The van der Waals surface area contributed by atoms with Gasteiger partial charge in [-0.15, -0.1) is 0 Å². The molecule has 1 aromatic carbocycles. The van der Waals surface area contributed by atoms with E-state index in [2.05, 4.69) is 11.4 Å². The van der Waals surface area contributed by atoms with Crippen molar-refractivity contribution in [3.05, 3.63) is 29.8 Å². The number of carbonyl (C=O) groups is 1. The summed E-state index contributed by atoms with van der Waals surface area (Å²) in [6, 6.07) is 7.48. The number of nitrogens with one attached hydrogen (secondary N) is 1. The van der Waals surface area contributed by atoms with E-state index >= 15 is 0 Å². The van der Waals surface area contributed by atoms with Gasteiger partial charge in [0.25, 0.3) is 0 Å². The summed E-state index contributed by atoms with van der Waals surface area (Å²) in [6.07, 6.45) is 2.26. The van der Waals surface area contributed by atoms with E-state index in [9.17, 15) is 4.79 Å². The monoisotopic (exact) mass is 294 g/mol. The fourth-order valence-electron chi connectivity index (χ4n) is 2.05. The molecule has 5 heteroatoms. The highest BCUT2D eigenvalue weighted by molar-refractivity contribution is 7.99. The lowest BCUT2D eigenvalue weighted by molar-refractivity contribution is -0.117. The molecular formula is C15H22N2O2S. The molecule has 0 radical (unpaired) electrons. The normalized spacial score (nSPS) is 17.7. The molecule has 0 aliphatic carbocycles. The number of thioether (sulfide) groups is 1. The van der Waals surface area contributed by atoms with Gasteiger partial charge in [-0.3, -0.25) is 4.79 Å². The number of hydrogen-bond donors (Lipinski definition) is 2. The predicted molar refractivity (Wildman–Crippen MR) is 83.9 cm³/mol. The molecule has 110 valence electrons. The van der Waals surface area contributed by atoms with E-state index in [0.717, 1.165) is 37.5 Å². The number of hydrogen-bond acceptors (Lipinski definition) is 4. The molecule has 0 unspecified atom stereocenters. The first-order valence-electron chi connectivity index (χ1n) is 7.00. The van der Waals surface area contributed by atoms with Gasteiger partial charge in [-0.1, -0.05) is 12.1 Å². The summed E-state index contributed by atoms with van der Waals surface area (Å²) in [5, 5.41) is 3.51. The Morgan fingerprint density at radius 2 is 2.25 bits per heavy atom. The van der Waals surface area contributed by atoms with E-state index in [0.29, 0.717) is 5.25 Å². The lowest BCUT2D eigenvalue weighted by atomic mass is 10.2. The van der Waals surface area contributed by atoms with E-state index in [1.54, 1.807) is 6.92 Å². The first-order chi connectivity index (χ1) is 9.65. The molecule has 4 nitrogen and oxygen atoms in total. The standard InChI is InChI=1S/C15H22N2O2S/c1-11(16)15(18)17-13-4-2-3-12(9-13)10-20-14-5-7-19-8-6-14/h2-4,9,11,14H,5-8,10,16H2,1H3,(H,17,18)/t11-/m0/s1. The summed E-state index contributed by atoms with van der Waals surface area (Å²) in [5.41, 5.74) is 7.59. The van der Waals surface area contributed by atoms with E-state index in [-0.39, 0.29) is 5.91 Å². The van der Waals surface area contributed by atoms with Gasteiger partial charge in [0.1, 0.15) is 0 Å². The third-order valence-corrected chi connectivity index (χ3v) is 4.70. The molecule has 1 atom stereocenters. The Balaban J connectivity index is 1.87. The van der Waals surface area contributed by atoms with Gasteiger partial charge in [0.2, 0.25) is 5.91 Å². The molecule has 1 fully saturated rings. The van der Waals surface area contributed by atoms with Crippen molar-refractivity contribution in [2.75, 3.05) is 18.5 Å². The largest absolute Gasteiger partial charge is 0.381 e. The van der Waals surface area contributed by atoms with Crippen LogP contribution in [0.3, 0.4) is 0 Å². The van der Waals surface area contributed by atoms with Crippen LogP contribution in [0.5, 0.6) is 0 Å². The van der Waals surface area contributed by atoms with Crippen molar-refractivity contribution in [3.8, 4) is 0 Å². The summed E-state index contributed by atoms with van der Waals surface area (Å²) in [4.78, 5) is 11.6. The smallest absolute Gasteiger partial charge is 0.240 e. The zero-order valence-electron chi connectivity index (χ0n) is 11.8. The van der Waals surface area contributed by atoms with E-state index < -0.39 is 6.04 Å². The summed E-state index contributed by atoms with van der Waals surface area (Å²) in [7, 11) is 0. The Bertz CT molecular complexity index is 445. The minimum atomic E-state index is -0.490. The van der Waals surface area contributed by atoms with Gasteiger partial charge in [0.15, 0.2) is 0 Å². The molecule has 0 aromatic heterocycles. The summed E-state index contributed by atoms with van der Waals surface area (Å²) in [5.74, 6) is 0.811. The van der Waals surface area contributed by atoms with Gasteiger partial charge in [0, 0.05) is 29.9 Å². The molecule has 1 aliphatic heterocycles. The summed E-state index contributed by atoms with van der Waals surface area (Å²) >= 11 is 1.97. The van der Waals surface area contributed by atoms with E-state index in [1.807, 2.05) is 30.0 Å². The molecule has 0 spiro atoms. The quantitative estimate of drug-likeness (QED) is 0.875. The van der Waals surface area contributed by atoms with Gasteiger partial charge < -0.3 is 15.8 Å². The highest BCUT2D eigenvalue weighted by atomic mass is 32.2. The highest BCUT2D eigenvalue weighted by Crippen LogP contribution is 2.26. The van der Waals surface area contributed by atoms with Crippen molar-refractivity contribution in [2.24, 2.45) is 5.73 Å². The minimum absolute atomic E-state index is 0.153. The Kier molecular flexibility index (Phi) is 5.88. The van der Waals surface area contributed by atoms with Crippen LogP contribution in [0.15, 0.2) is 24.3 Å². The van der Waals surface area contributed by atoms with Gasteiger partial charge >= 0.3 is 0 Å². The number of rotatable bonds is 5. The van der Waals surface area contributed by atoms with Crippen LogP contribution in [0.2, 0.25) is 0 Å². The van der Waals surface area contributed by atoms with Crippen molar-refractivity contribution in [2.45, 2.75) is 36.8 Å². The molecule has 0 saturated carbocycles. The van der Waals surface area contributed by atoms with Crippen molar-refractivity contribution >= 4 is 23.4 Å². The van der Waals surface area contributed by atoms with Crippen LogP contribution in [0, 0.1) is 0 Å². The second-order valence-corrected chi connectivity index (χ2v) is 6.39. The number of anilines is 1. The predicted octanol–water partition coefficient (Wildman–Crippen LogP) is 2.38. The average molecular weight is 294 g/mol. The van der Waals surface area contributed by atoms with Crippen LogP contribution < -0.4 is 11.1 Å². The maximum atomic E-state index is 11.6. The van der Waals surface area contributed by atoms with Crippen molar-refractivity contribution in [3.63, 3.8) is 0 Å². The molecule has 1 aliphatic rings. The zero-order valence-corrected chi connectivity index (χ0v) is 12.6. The molecule has 2 rings (SSSR count). The van der Waals surface area contributed by atoms with Crippen LogP contribution in [-0.2, 0) is 15.3 Å². The highest BCUT2D eigenvalue weighted by Gasteiger charge is 2.14. The summed E-state index contributed by atoms with van der Waals surface area (Å²) in [6.45, 7) is 3.44. The van der Waals surface area contributed by atoms with Crippen LogP contribution in [0.25, 0.3) is 0 Å². The van der Waals surface area contributed by atoms with Crippen molar-refractivity contribution in [1.29, 1.82) is 0 Å². The third kappa shape index (κ3) is 4.81. The van der Waals surface area contributed by atoms with Gasteiger partial charge in [-0.05, 0) is 37.5 Å². The van der Waals surface area contributed by atoms with Crippen molar-refractivity contribution < 1.29 is 9.53 Å². The minimum Gasteiger partial charge on any atom is -0.381 e. The Morgan fingerprint density at radius 1 is 1.50 bits per heavy atom. The first-order valence-corrected chi connectivity index (χ1v) is 8.05. The van der Waals surface area contributed by atoms with Crippen LogP contribution >= 0.6 is 11.8 Å². The third-order valence-electron chi connectivity index (χ3n) is 3.26. The van der Waals surface area contributed by atoms with E-state index in [4.69, 9.17) is 10.5 Å². The molecule has 1 heterocycles. The van der Waals surface area contributed by atoms with Crippen LogP contribution in [-0.4, -0.2) is 30.4 Å². The number of amides is 1. The van der Waals surface area contributed by atoms with Gasteiger partial charge in [-0.2, -0.15) is 11.8 Å². The van der Waals surface area contributed by atoms with Crippen molar-refractivity contribution in [1.82, 2.24) is 0 Å². The first kappa shape index (κ1) is 15.4. The van der Waals surface area contributed by atoms with Gasteiger partial charge in [0.05, 0.1) is 6.04 Å². The molecule has 1 saturated heterocycles. The fourth-order valence-corrected chi connectivity index (χ4v) is 3.19. The topological polar surface area (TPSA) is 64.4 Å². The number of benzene rings is 1. The zero-order chi connectivity index (χ0) is 14.4. The lowest BCUT2D eigenvalue weighted by Gasteiger charge is -2.21. The molecule has 1 amide bonds. The molecule has 0 bridgehead atoms. The van der Waals surface area contributed by atoms with Gasteiger partial charge in [-0.25, -0.2) is 0 Å². The Labute approximate surface area is 124 Å². The van der Waals surface area contributed by atoms with Crippen LogP contribution in [0.1, 0.15) is 25.3 Å². The second kappa shape index (κ2) is 7.67. The number of nitrogens with two attached hydrogens (primary N) is 1. The molecule has 3 N–H and O–H groups in total. The van der Waals surface area contributed by atoms with Crippen LogP contribution in [0.4, 0.5) is 5.69 Å². The average Bonchev–Trinajstić information content (AvgIpc) is 2.46. The summed E-state index contributed by atoms with van der Waals surface area (Å²) < 4.78 is 5.36. The molecule has 20 heavy (non-hydrogen) atoms. The lowest BCUT2D eigenvalue weighted by Crippen LogP contribution is -2.32. The molecule has 1 aromatic rings. The Hall–Kier alpha value is -1.04. The number of ether oxygens (including phenoxy) is 1. The van der Waals surface area contributed by atoms with E-state index in [1.165, 1.54) is 5.56 Å². The Morgan fingerprint density at radius 3 is 2.95 bits per heavy atom. The fraction of sp³-hybridized carbons (Fsp3) is 0.533. The second-order valence-electron chi connectivity index (χ2n) is 5.10. The SMILES string of the molecule is C[C@H](N)C(=O)Nc1cccc(CSC2CCOCC2)c1. The maximum absolute atomic E-state index is 11.6.